The molecule has 0 aromatic rings. The molecule has 0 aromatic carbocycles. The molecule has 4 rings (SSSR count). The Balaban J connectivity index is 2.07. The summed E-state index contributed by atoms with van der Waals surface area (Å²) in [7, 11) is 0. The zero-order valence-corrected chi connectivity index (χ0v) is 20.4. The first-order chi connectivity index (χ1) is 14.0. The SMILES string of the molecule is CCCC12C3=CC=C4C=C(C(C)(C)C)C=C(C=CC1=CC(C(C)(C)C)=C3)C42CCC. The molecule has 0 amide bonds. The maximum absolute atomic E-state index is 2.53. The average Bonchev–Trinajstić information content (AvgIpc) is 2.64. The summed E-state index contributed by atoms with van der Waals surface area (Å²) in [6.45, 7) is 18.8. The fourth-order valence-corrected chi connectivity index (χ4v) is 6.31. The zero-order valence-electron chi connectivity index (χ0n) is 20.4. The van der Waals surface area contributed by atoms with Crippen LogP contribution >= 0.6 is 0 Å². The van der Waals surface area contributed by atoms with Crippen LogP contribution in [-0.2, 0) is 0 Å². The molecular formula is C30H40. The van der Waals surface area contributed by atoms with Crippen LogP contribution < -0.4 is 0 Å². The van der Waals surface area contributed by atoms with Crippen molar-refractivity contribution in [1.29, 1.82) is 0 Å². The molecule has 0 heterocycles. The molecule has 0 fully saturated rings. The minimum atomic E-state index is 0.0666. The molecule has 0 nitrogen and oxygen atoms in total. The summed E-state index contributed by atoms with van der Waals surface area (Å²) in [6, 6.07) is 0. The first kappa shape index (κ1) is 21.4. The van der Waals surface area contributed by atoms with Crippen molar-refractivity contribution in [1.82, 2.24) is 0 Å². The third kappa shape index (κ3) is 2.79. The largest absolute Gasteiger partial charge is 0.0653 e. The van der Waals surface area contributed by atoms with Crippen LogP contribution in [-0.4, -0.2) is 0 Å². The van der Waals surface area contributed by atoms with Gasteiger partial charge >= 0.3 is 0 Å². The Labute approximate surface area is 184 Å². The fourth-order valence-electron chi connectivity index (χ4n) is 6.31. The third-order valence-electron chi connectivity index (χ3n) is 7.81. The third-order valence-corrected chi connectivity index (χ3v) is 7.81. The Bertz CT molecular complexity index is 888. The van der Waals surface area contributed by atoms with Crippen molar-refractivity contribution in [3.8, 4) is 0 Å². The van der Waals surface area contributed by atoms with Gasteiger partial charge in [-0.2, -0.15) is 0 Å². The minimum Gasteiger partial charge on any atom is -0.0653 e. The van der Waals surface area contributed by atoms with Gasteiger partial charge < -0.3 is 0 Å². The Kier molecular flexibility index (Phi) is 4.88. The lowest BCUT2D eigenvalue weighted by molar-refractivity contribution is 0.165. The molecule has 160 valence electrons. The van der Waals surface area contributed by atoms with E-state index in [1.807, 2.05) is 0 Å². The van der Waals surface area contributed by atoms with E-state index in [2.05, 4.69) is 104 Å². The summed E-state index contributed by atoms with van der Waals surface area (Å²) in [6.07, 6.45) is 24.7. The molecule has 0 saturated heterocycles. The van der Waals surface area contributed by atoms with Gasteiger partial charge in [0.2, 0.25) is 0 Å². The molecule has 0 aliphatic heterocycles. The second-order valence-electron chi connectivity index (χ2n) is 11.8. The molecule has 0 radical (unpaired) electrons. The van der Waals surface area contributed by atoms with Crippen molar-refractivity contribution in [3.05, 3.63) is 82.0 Å². The van der Waals surface area contributed by atoms with Gasteiger partial charge in [-0.15, -0.1) is 0 Å². The summed E-state index contributed by atoms with van der Waals surface area (Å²) >= 11 is 0. The first-order valence-electron chi connectivity index (χ1n) is 12.0. The molecule has 0 bridgehead atoms. The fraction of sp³-hybridized carbons (Fsp3) is 0.533. The van der Waals surface area contributed by atoms with Crippen LogP contribution in [0.5, 0.6) is 0 Å². The zero-order chi connectivity index (χ0) is 21.9. The van der Waals surface area contributed by atoms with Crippen molar-refractivity contribution >= 4 is 0 Å². The van der Waals surface area contributed by atoms with Gasteiger partial charge in [0.05, 0.1) is 0 Å². The van der Waals surface area contributed by atoms with Gasteiger partial charge in [-0.05, 0) is 57.1 Å². The van der Waals surface area contributed by atoms with E-state index in [1.165, 1.54) is 59.1 Å². The van der Waals surface area contributed by atoms with Gasteiger partial charge in [-0.1, -0.05) is 117 Å². The maximum atomic E-state index is 2.53. The highest BCUT2D eigenvalue weighted by atomic mass is 14.6. The number of allylic oxidation sites excluding steroid dienone is 14. The van der Waals surface area contributed by atoms with Gasteiger partial charge in [-0.3, -0.25) is 0 Å². The molecule has 0 heteroatoms. The molecule has 30 heavy (non-hydrogen) atoms. The Hall–Kier alpha value is -1.82. The van der Waals surface area contributed by atoms with E-state index in [9.17, 15) is 0 Å². The van der Waals surface area contributed by atoms with E-state index in [-0.39, 0.29) is 21.7 Å². The van der Waals surface area contributed by atoms with Crippen LogP contribution in [0.2, 0.25) is 0 Å². The highest BCUT2D eigenvalue weighted by Gasteiger charge is 2.60. The summed E-state index contributed by atoms with van der Waals surface area (Å²) in [5.41, 5.74) is 9.50. The van der Waals surface area contributed by atoms with Crippen molar-refractivity contribution in [2.75, 3.05) is 0 Å². The van der Waals surface area contributed by atoms with E-state index in [0.717, 1.165) is 0 Å². The summed E-state index contributed by atoms with van der Waals surface area (Å²) in [4.78, 5) is 0. The summed E-state index contributed by atoms with van der Waals surface area (Å²) in [5, 5.41) is 0. The van der Waals surface area contributed by atoms with E-state index >= 15 is 0 Å². The van der Waals surface area contributed by atoms with Crippen LogP contribution in [0, 0.1) is 21.7 Å². The number of hydrogen-bond acceptors (Lipinski definition) is 0. The van der Waals surface area contributed by atoms with Crippen LogP contribution in [0.1, 0.15) is 81.1 Å². The Morgan fingerprint density at radius 1 is 0.567 bits per heavy atom. The van der Waals surface area contributed by atoms with Crippen LogP contribution in [0.15, 0.2) is 82.0 Å². The normalized spacial score (nSPS) is 29.9. The predicted molar refractivity (Wildman–Crippen MR) is 131 cm³/mol. The highest BCUT2D eigenvalue weighted by molar-refractivity contribution is 5.70. The Morgan fingerprint density at radius 3 is 1.23 bits per heavy atom. The van der Waals surface area contributed by atoms with E-state index < -0.39 is 0 Å². The van der Waals surface area contributed by atoms with Crippen molar-refractivity contribution in [2.24, 2.45) is 21.7 Å². The molecule has 0 aromatic heterocycles. The minimum absolute atomic E-state index is 0.0666. The summed E-state index contributed by atoms with van der Waals surface area (Å²) < 4.78 is 0. The average molecular weight is 401 g/mol. The monoisotopic (exact) mass is 400 g/mol. The molecule has 2 unspecified atom stereocenters. The molecular weight excluding hydrogens is 360 g/mol. The molecule has 2 atom stereocenters. The summed E-state index contributed by atoms with van der Waals surface area (Å²) in [5.74, 6) is 0. The smallest absolute Gasteiger partial charge is 0.0340 e. The number of rotatable bonds is 4. The lowest BCUT2D eigenvalue weighted by Crippen LogP contribution is -2.51. The maximum Gasteiger partial charge on any atom is 0.0340 e. The van der Waals surface area contributed by atoms with Crippen molar-refractivity contribution in [3.63, 3.8) is 0 Å². The second-order valence-corrected chi connectivity index (χ2v) is 11.8. The van der Waals surface area contributed by atoms with Gasteiger partial charge in [0.25, 0.3) is 0 Å². The van der Waals surface area contributed by atoms with E-state index in [0.29, 0.717) is 0 Å². The quantitative estimate of drug-likeness (QED) is 0.442. The molecule has 4 aliphatic rings. The van der Waals surface area contributed by atoms with Gasteiger partial charge in [0.15, 0.2) is 0 Å². The topological polar surface area (TPSA) is 0 Å². The molecule has 0 spiro atoms. The van der Waals surface area contributed by atoms with Crippen molar-refractivity contribution in [2.45, 2.75) is 81.1 Å². The molecule has 4 aliphatic carbocycles. The lowest BCUT2D eigenvalue weighted by Gasteiger charge is -2.60. The van der Waals surface area contributed by atoms with Crippen molar-refractivity contribution < 1.29 is 0 Å². The first-order valence-corrected chi connectivity index (χ1v) is 12.0. The second kappa shape index (κ2) is 6.84. The van der Waals surface area contributed by atoms with Crippen LogP contribution in [0.3, 0.4) is 0 Å². The molecule has 0 N–H and O–H groups in total. The molecule has 0 saturated carbocycles. The van der Waals surface area contributed by atoms with Crippen LogP contribution in [0.25, 0.3) is 0 Å². The van der Waals surface area contributed by atoms with E-state index in [1.54, 1.807) is 0 Å². The van der Waals surface area contributed by atoms with Gasteiger partial charge in [0, 0.05) is 10.8 Å². The van der Waals surface area contributed by atoms with Gasteiger partial charge in [-0.25, -0.2) is 0 Å². The lowest BCUT2D eigenvalue weighted by atomic mass is 9.42. The van der Waals surface area contributed by atoms with Gasteiger partial charge in [0.1, 0.15) is 0 Å². The van der Waals surface area contributed by atoms with Crippen LogP contribution in [0.4, 0.5) is 0 Å². The highest BCUT2D eigenvalue weighted by Crippen LogP contribution is 2.70. The number of hydrogen-bond donors (Lipinski definition) is 0. The standard InChI is InChI=1S/C30H40/c1-9-15-29-21-11-13-23-19-26(28(6,7)8)20-24(30(23,29)16-10-2)14-12-22(29)18-25(17-21)27(3,4)5/h11-14,17-20H,9-10,15-16H2,1-8H3. The predicted octanol–water partition coefficient (Wildman–Crippen LogP) is 8.82. The van der Waals surface area contributed by atoms with E-state index in [4.69, 9.17) is 0 Å². The Morgan fingerprint density at radius 2 is 0.933 bits per heavy atom.